The van der Waals surface area contributed by atoms with E-state index in [4.69, 9.17) is 4.74 Å². The number of carbonyl (C=O) groups excluding carboxylic acids is 1. The summed E-state index contributed by atoms with van der Waals surface area (Å²) in [5.74, 6) is 0.570. The number of anilines is 2. The predicted octanol–water partition coefficient (Wildman–Crippen LogP) is 5.49. The number of nitrogens with zero attached hydrogens (tertiary/aromatic N) is 1. The van der Waals surface area contributed by atoms with Gasteiger partial charge in [0.1, 0.15) is 12.4 Å². The molecule has 2 aromatic carbocycles. The molecule has 0 radical (unpaired) electrons. The Bertz CT molecular complexity index is 947. The number of carbonyl (C=O) groups is 1. The van der Waals surface area contributed by atoms with Crippen LogP contribution < -0.4 is 15.0 Å². The molecule has 4 nitrogen and oxygen atoms in total. The normalized spacial score (nSPS) is 13.5. The predicted molar refractivity (Wildman–Crippen MR) is 116 cm³/mol. The van der Waals surface area contributed by atoms with Crippen LogP contribution in [-0.2, 0) is 6.61 Å². The Hall–Kier alpha value is -2.79. The smallest absolute Gasteiger partial charge is 0.255 e. The molecular formula is C23H24N2O2S. The molecule has 0 atom stereocenters. The van der Waals surface area contributed by atoms with Crippen molar-refractivity contribution in [3.05, 3.63) is 76.0 Å². The van der Waals surface area contributed by atoms with Gasteiger partial charge in [-0.15, -0.1) is 11.3 Å². The van der Waals surface area contributed by atoms with Crippen LogP contribution in [-0.4, -0.2) is 19.0 Å². The van der Waals surface area contributed by atoms with Crippen LogP contribution in [0.4, 0.5) is 11.4 Å². The van der Waals surface area contributed by atoms with Gasteiger partial charge in [0.05, 0.1) is 0 Å². The summed E-state index contributed by atoms with van der Waals surface area (Å²) in [6.07, 6.45) is 2.50. The summed E-state index contributed by atoms with van der Waals surface area (Å²) in [7, 11) is 0. The third kappa shape index (κ3) is 4.37. The Morgan fingerprint density at radius 1 is 1.11 bits per heavy atom. The lowest BCUT2D eigenvalue weighted by Crippen LogP contribution is -2.18. The van der Waals surface area contributed by atoms with E-state index in [0.29, 0.717) is 17.9 Å². The number of aryl methyl sites for hydroxylation is 1. The average Bonchev–Trinajstić information content (AvgIpc) is 3.42. The van der Waals surface area contributed by atoms with Crippen LogP contribution in [0.1, 0.15) is 33.6 Å². The van der Waals surface area contributed by atoms with Gasteiger partial charge in [-0.3, -0.25) is 4.79 Å². The third-order valence-corrected chi connectivity index (χ3v) is 5.84. The van der Waals surface area contributed by atoms with Gasteiger partial charge in [0.15, 0.2) is 0 Å². The summed E-state index contributed by atoms with van der Waals surface area (Å²) >= 11 is 1.66. The maximum atomic E-state index is 12.7. The van der Waals surface area contributed by atoms with Crippen LogP contribution in [0.25, 0.3) is 0 Å². The highest BCUT2D eigenvalue weighted by Gasteiger charge is 2.14. The van der Waals surface area contributed by atoms with E-state index in [2.05, 4.69) is 22.3 Å². The molecule has 4 rings (SSSR count). The minimum absolute atomic E-state index is 0.126. The second-order valence-corrected chi connectivity index (χ2v) is 8.08. The van der Waals surface area contributed by atoms with Crippen molar-refractivity contribution in [1.29, 1.82) is 0 Å². The van der Waals surface area contributed by atoms with Crippen LogP contribution >= 0.6 is 11.3 Å². The highest BCUT2D eigenvalue weighted by Crippen LogP contribution is 2.26. The minimum Gasteiger partial charge on any atom is -0.488 e. The Morgan fingerprint density at radius 3 is 2.71 bits per heavy atom. The zero-order chi connectivity index (χ0) is 19.3. The van der Waals surface area contributed by atoms with Gasteiger partial charge in [-0.25, -0.2) is 0 Å². The average molecular weight is 393 g/mol. The Morgan fingerprint density at radius 2 is 1.96 bits per heavy atom. The van der Waals surface area contributed by atoms with Gasteiger partial charge < -0.3 is 15.0 Å². The third-order valence-electron chi connectivity index (χ3n) is 4.99. The van der Waals surface area contributed by atoms with E-state index in [1.54, 1.807) is 23.5 Å². The molecule has 1 aromatic heterocycles. The number of ether oxygens (including phenoxy) is 1. The van der Waals surface area contributed by atoms with Gasteiger partial charge in [-0.2, -0.15) is 0 Å². The molecule has 3 aromatic rings. The quantitative estimate of drug-likeness (QED) is 0.603. The number of nitrogens with one attached hydrogen (secondary N) is 1. The maximum Gasteiger partial charge on any atom is 0.255 e. The molecule has 0 saturated carbocycles. The molecule has 144 valence electrons. The highest BCUT2D eigenvalue weighted by molar-refractivity contribution is 7.09. The van der Waals surface area contributed by atoms with Crippen LogP contribution in [0.2, 0.25) is 0 Å². The highest BCUT2D eigenvalue weighted by atomic mass is 32.1. The number of hydrogen-bond acceptors (Lipinski definition) is 4. The van der Waals surface area contributed by atoms with Gasteiger partial charge in [0.2, 0.25) is 0 Å². The van der Waals surface area contributed by atoms with Crippen LogP contribution in [0, 0.1) is 6.92 Å². The van der Waals surface area contributed by atoms with E-state index >= 15 is 0 Å². The van der Waals surface area contributed by atoms with Crippen molar-refractivity contribution in [2.24, 2.45) is 0 Å². The molecule has 1 aliphatic rings. The molecule has 28 heavy (non-hydrogen) atoms. The van der Waals surface area contributed by atoms with Crippen molar-refractivity contribution in [3.63, 3.8) is 0 Å². The zero-order valence-electron chi connectivity index (χ0n) is 16.0. The van der Waals surface area contributed by atoms with Gasteiger partial charge in [-0.05, 0) is 73.2 Å². The SMILES string of the molecule is Cc1cc(N2CCCC2)ccc1NC(=O)c1cccc(OCc2cccs2)c1. The molecule has 1 aliphatic heterocycles. The molecule has 1 fully saturated rings. The second-order valence-electron chi connectivity index (χ2n) is 7.04. The van der Waals surface area contributed by atoms with E-state index < -0.39 is 0 Å². The monoisotopic (exact) mass is 392 g/mol. The first kappa shape index (κ1) is 18.6. The van der Waals surface area contributed by atoms with Crippen molar-refractivity contribution in [1.82, 2.24) is 0 Å². The standard InChI is InChI=1S/C23H24N2O2S/c1-17-14-19(25-11-2-3-12-25)9-10-22(17)24-23(26)18-6-4-7-20(15-18)27-16-21-8-5-13-28-21/h4-10,13-15H,2-3,11-12,16H2,1H3,(H,24,26). The molecule has 0 aliphatic carbocycles. The number of amides is 1. The first-order chi connectivity index (χ1) is 13.7. The molecule has 1 saturated heterocycles. The lowest BCUT2D eigenvalue weighted by molar-refractivity contribution is 0.102. The van der Waals surface area contributed by atoms with Crippen molar-refractivity contribution >= 4 is 28.6 Å². The van der Waals surface area contributed by atoms with Crippen molar-refractivity contribution in [2.75, 3.05) is 23.3 Å². The summed E-state index contributed by atoms with van der Waals surface area (Å²) in [6, 6.07) is 17.6. The van der Waals surface area contributed by atoms with E-state index in [1.807, 2.05) is 42.6 Å². The lowest BCUT2D eigenvalue weighted by Gasteiger charge is -2.19. The van der Waals surface area contributed by atoms with Gasteiger partial charge >= 0.3 is 0 Å². The van der Waals surface area contributed by atoms with E-state index in [0.717, 1.165) is 29.2 Å². The van der Waals surface area contributed by atoms with Crippen molar-refractivity contribution < 1.29 is 9.53 Å². The topological polar surface area (TPSA) is 41.6 Å². The maximum absolute atomic E-state index is 12.7. The number of rotatable bonds is 6. The Balaban J connectivity index is 1.42. The molecule has 1 N–H and O–H groups in total. The Labute approximate surface area is 169 Å². The number of thiophene rings is 1. The van der Waals surface area contributed by atoms with Crippen LogP contribution in [0.3, 0.4) is 0 Å². The molecular weight excluding hydrogens is 368 g/mol. The first-order valence-corrected chi connectivity index (χ1v) is 10.5. The van der Waals surface area contributed by atoms with Gasteiger partial charge in [0.25, 0.3) is 5.91 Å². The van der Waals surface area contributed by atoms with Crippen LogP contribution in [0.5, 0.6) is 5.75 Å². The van der Waals surface area contributed by atoms with Crippen molar-refractivity contribution in [3.8, 4) is 5.75 Å². The Kier molecular flexibility index (Phi) is 5.63. The molecule has 0 bridgehead atoms. The first-order valence-electron chi connectivity index (χ1n) is 9.61. The van der Waals surface area contributed by atoms with E-state index in [9.17, 15) is 4.79 Å². The molecule has 1 amide bonds. The minimum atomic E-state index is -0.126. The molecule has 0 unspecified atom stereocenters. The summed E-state index contributed by atoms with van der Waals surface area (Å²) in [6.45, 7) is 4.78. The van der Waals surface area contributed by atoms with E-state index in [-0.39, 0.29) is 5.91 Å². The number of benzene rings is 2. The fourth-order valence-electron chi connectivity index (χ4n) is 3.43. The fraction of sp³-hybridized carbons (Fsp3) is 0.261. The fourth-order valence-corrected chi connectivity index (χ4v) is 4.05. The molecule has 2 heterocycles. The van der Waals surface area contributed by atoms with Gasteiger partial charge in [0, 0.05) is 34.9 Å². The second kappa shape index (κ2) is 8.48. The molecule has 0 spiro atoms. The zero-order valence-corrected chi connectivity index (χ0v) is 16.8. The summed E-state index contributed by atoms with van der Waals surface area (Å²) < 4.78 is 5.81. The summed E-state index contributed by atoms with van der Waals surface area (Å²) in [5, 5.41) is 5.06. The van der Waals surface area contributed by atoms with Crippen molar-refractivity contribution in [2.45, 2.75) is 26.4 Å². The van der Waals surface area contributed by atoms with Crippen LogP contribution in [0.15, 0.2) is 60.0 Å². The summed E-state index contributed by atoms with van der Waals surface area (Å²) in [4.78, 5) is 16.3. The van der Waals surface area contributed by atoms with Gasteiger partial charge in [-0.1, -0.05) is 12.1 Å². The molecule has 5 heteroatoms. The van der Waals surface area contributed by atoms with E-state index in [1.165, 1.54) is 18.5 Å². The number of hydrogen-bond donors (Lipinski definition) is 1. The largest absolute Gasteiger partial charge is 0.488 e. The lowest BCUT2D eigenvalue weighted by atomic mass is 10.1. The summed E-state index contributed by atoms with van der Waals surface area (Å²) in [5.41, 5.74) is 3.74.